The van der Waals surface area contributed by atoms with Crippen LogP contribution in [0.4, 0.5) is 5.13 Å². The molecule has 1 aliphatic heterocycles. The summed E-state index contributed by atoms with van der Waals surface area (Å²) in [5.41, 5.74) is 0.908. The highest BCUT2D eigenvalue weighted by atomic mass is 79.9. The van der Waals surface area contributed by atoms with Crippen molar-refractivity contribution in [1.29, 1.82) is 0 Å². The van der Waals surface area contributed by atoms with Crippen LogP contribution < -0.4 is 5.32 Å². The summed E-state index contributed by atoms with van der Waals surface area (Å²) in [4.78, 5) is 13.0. The van der Waals surface area contributed by atoms with Crippen molar-refractivity contribution in [3.05, 3.63) is 59.1 Å². The SMILES string of the molecule is O=C(Nc1nnc(-c2ccccc2)s1)C1CCCN1S(=O)(=O)c1ccc(Br)cc1. The predicted molar refractivity (Wildman–Crippen MR) is 115 cm³/mol. The van der Waals surface area contributed by atoms with Gasteiger partial charge in [-0.25, -0.2) is 8.42 Å². The number of aromatic nitrogens is 2. The van der Waals surface area contributed by atoms with Gasteiger partial charge in [0, 0.05) is 16.6 Å². The topological polar surface area (TPSA) is 92.3 Å². The van der Waals surface area contributed by atoms with Gasteiger partial charge in [0.15, 0.2) is 0 Å². The number of anilines is 1. The second kappa shape index (κ2) is 8.31. The van der Waals surface area contributed by atoms with Gasteiger partial charge in [-0.05, 0) is 37.1 Å². The van der Waals surface area contributed by atoms with Crippen molar-refractivity contribution in [3.8, 4) is 10.6 Å². The van der Waals surface area contributed by atoms with Crippen molar-refractivity contribution in [2.24, 2.45) is 0 Å². The van der Waals surface area contributed by atoms with E-state index in [2.05, 4.69) is 31.4 Å². The number of nitrogens with zero attached hydrogens (tertiary/aromatic N) is 3. The molecule has 0 spiro atoms. The quantitative estimate of drug-likeness (QED) is 0.585. The van der Waals surface area contributed by atoms with Crippen molar-refractivity contribution in [3.63, 3.8) is 0 Å². The summed E-state index contributed by atoms with van der Waals surface area (Å²) in [5.74, 6) is -0.390. The lowest BCUT2D eigenvalue weighted by Crippen LogP contribution is -2.43. The second-order valence-electron chi connectivity index (χ2n) is 6.50. The number of sulfonamides is 1. The molecule has 3 aromatic rings. The molecule has 150 valence electrons. The molecule has 1 saturated heterocycles. The molecule has 1 atom stereocenters. The number of hydrogen-bond acceptors (Lipinski definition) is 6. The Morgan fingerprint density at radius 1 is 1.10 bits per heavy atom. The van der Waals surface area contributed by atoms with Crippen LogP contribution in [0.25, 0.3) is 10.6 Å². The molecule has 4 rings (SSSR count). The highest BCUT2D eigenvalue weighted by Gasteiger charge is 2.39. The van der Waals surface area contributed by atoms with Gasteiger partial charge in [-0.15, -0.1) is 10.2 Å². The van der Waals surface area contributed by atoms with Crippen molar-refractivity contribution in [2.45, 2.75) is 23.8 Å². The molecule has 7 nitrogen and oxygen atoms in total. The van der Waals surface area contributed by atoms with E-state index in [0.717, 1.165) is 10.0 Å². The van der Waals surface area contributed by atoms with Crippen LogP contribution in [-0.2, 0) is 14.8 Å². The second-order valence-corrected chi connectivity index (χ2v) is 10.3. The average molecular weight is 493 g/mol. The Kier molecular flexibility index (Phi) is 5.77. The first-order valence-corrected chi connectivity index (χ1v) is 12.0. The monoisotopic (exact) mass is 492 g/mol. The first-order chi connectivity index (χ1) is 13.9. The summed E-state index contributed by atoms with van der Waals surface area (Å²) >= 11 is 4.55. The van der Waals surface area contributed by atoms with Gasteiger partial charge in [0.2, 0.25) is 21.1 Å². The van der Waals surface area contributed by atoms with Crippen LogP contribution in [0.3, 0.4) is 0 Å². The van der Waals surface area contributed by atoms with Gasteiger partial charge in [0.05, 0.1) is 4.90 Å². The van der Waals surface area contributed by atoms with Crippen molar-refractivity contribution >= 4 is 48.3 Å². The first kappa shape index (κ1) is 20.1. The van der Waals surface area contributed by atoms with Crippen molar-refractivity contribution in [2.75, 3.05) is 11.9 Å². The highest BCUT2D eigenvalue weighted by Crippen LogP contribution is 2.29. The number of amides is 1. The lowest BCUT2D eigenvalue weighted by atomic mass is 10.2. The summed E-state index contributed by atoms with van der Waals surface area (Å²) in [5, 5.41) is 11.9. The molecule has 0 aliphatic carbocycles. The van der Waals surface area contributed by atoms with E-state index in [0.29, 0.717) is 29.5 Å². The largest absolute Gasteiger partial charge is 0.299 e. The summed E-state index contributed by atoms with van der Waals surface area (Å²) in [6.45, 7) is 0.307. The summed E-state index contributed by atoms with van der Waals surface area (Å²) < 4.78 is 28.1. The third-order valence-electron chi connectivity index (χ3n) is 4.60. The predicted octanol–water partition coefficient (Wildman–Crippen LogP) is 3.76. The Balaban J connectivity index is 1.51. The van der Waals surface area contributed by atoms with Crippen LogP contribution in [0, 0.1) is 0 Å². The van der Waals surface area contributed by atoms with E-state index < -0.39 is 16.1 Å². The minimum Gasteiger partial charge on any atom is -0.299 e. The van der Waals surface area contributed by atoms with E-state index >= 15 is 0 Å². The standard InChI is InChI=1S/C19H17BrN4O3S2/c20-14-8-10-15(11-9-14)29(26,27)24-12-4-7-16(24)17(25)21-19-23-22-18(28-19)13-5-2-1-3-6-13/h1-3,5-6,8-11,16H,4,7,12H2,(H,21,23,25). The molecule has 1 fully saturated rings. The van der Waals surface area contributed by atoms with Crippen LogP contribution in [0.15, 0.2) is 64.0 Å². The number of carbonyl (C=O) groups excluding carboxylic acids is 1. The highest BCUT2D eigenvalue weighted by molar-refractivity contribution is 9.10. The van der Waals surface area contributed by atoms with Crippen LogP contribution in [0.1, 0.15) is 12.8 Å². The fourth-order valence-corrected chi connectivity index (χ4v) is 5.86. The third-order valence-corrected chi connectivity index (χ3v) is 7.94. The molecule has 1 aliphatic rings. The van der Waals surface area contributed by atoms with Crippen LogP contribution in [-0.4, -0.2) is 41.4 Å². The van der Waals surface area contributed by atoms with E-state index in [1.54, 1.807) is 12.1 Å². The van der Waals surface area contributed by atoms with E-state index in [1.807, 2.05) is 30.3 Å². The van der Waals surface area contributed by atoms with Gasteiger partial charge < -0.3 is 0 Å². The van der Waals surface area contributed by atoms with Crippen LogP contribution in [0.5, 0.6) is 0 Å². The molecule has 0 saturated carbocycles. The first-order valence-electron chi connectivity index (χ1n) is 8.92. The normalized spacial score (nSPS) is 17.3. The molecular weight excluding hydrogens is 476 g/mol. The van der Waals surface area contributed by atoms with Crippen LogP contribution in [0.2, 0.25) is 0 Å². The molecule has 0 bridgehead atoms. The fourth-order valence-electron chi connectivity index (χ4n) is 3.19. The maximum Gasteiger partial charge on any atom is 0.244 e. The minimum absolute atomic E-state index is 0.169. The van der Waals surface area contributed by atoms with Gasteiger partial charge in [0.25, 0.3) is 0 Å². The van der Waals surface area contributed by atoms with E-state index in [1.165, 1.54) is 27.8 Å². The molecular formula is C19H17BrN4O3S2. The Hall–Kier alpha value is -2.14. The van der Waals surface area contributed by atoms with E-state index in [4.69, 9.17) is 0 Å². The summed E-state index contributed by atoms with van der Waals surface area (Å²) in [7, 11) is -3.76. The average Bonchev–Trinajstić information content (AvgIpc) is 3.39. The number of carbonyl (C=O) groups is 1. The van der Waals surface area contributed by atoms with Gasteiger partial charge in [-0.3, -0.25) is 10.1 Å². The Bertz CT molecular complexity index is 1120. The number of rotatable bonds is 5. The molecule has 1 amide bonds. The zero-order valence-corrected chi connectivity index (χ0v) is 18.4. The van der Waals surface area contributed by atoms with Crippen LogP contribution >= 0.6 is 27.3 Å². The van der Waals surface area contributed by atoms with Crippen molar-refractivity contribution < 1.29 is 13.2 Å². The molecule has 1 aromatic heterocycles. The lowest BCUT2D eigenvalue weighted by Gasteiger charge is -2.23. The molecule has 29 heavy (non-hydrogen) atoms. The molecule has 2 aromatic carbocycles. The molecule has 1 N–H and O–H groups in total. The van der Waals surface area contributed by atoms with Gasteiger partial charge in [-0.2, -0.15) is 4.31 Å². The number of benzene rings is 2. The maximum atomic E-state index is 13.0. The third kappa shape index (κ3) is 4.25. The van der Waals surface area contributed by atoms with E-state index in [9.17, 15) is 13.2 Å². The number of halogens is 1. The summed E-state index contributed by atoms with van der Waals surface area (Å²) in [6.07, 6.45) is 1.09. The molecule has 2 heterocycles. The van der Waals surface area contributed by atoms with Gasteiger partial charge >= 0.3 is 0 Å². The zero-order valence-electron chi connectivity index (χ0n) is 15.2. The number of nitrogens with one attached hydrogen (secondary N) is 1. The maximum absolute atomic E-state index is 13.0. The Labute approximate surface area is 181 Å². The zero-order chi connectivity index (χ0) is 20.4. The van der Waals surface area contributed by atoms with Gasteiger partial charge in [0.1, 0.15) is 11.0 Å². The molecule has 0 radical (unpaired) electrons. The molecule has 10 heteroatoms. The minimum atomic E-state index is -3.76. The Morgan fingerprint density at radius 2 is 1.83 bits per heavy atom. The fraction of sp³-hybridized carbons (Fsp3) is 0.211. The van der Waals surface area contributed by atoms with Gasteiger partial charge in [-0.1, -0.05) is 57.6 Å². The smallest absolute Gasteiger partial charge is 0.244 e. The summed E-state index contributed by atoms with van der Waals surface area (Å²) in [6, 6.07) is 15.2. The molecule has 1 unspecified atom stereocenters. The number of hydrogen-bond donors (Lipinski definition) is 1. The van der Waals surface area contributed by atoms with E-state index in [-0.39, 0.29) is 10.8 Å². The lowest BCUT2D eigenvalue weighted by molar-refractivity contribution is -0.119. The Morgan fingerprint density at radius 3 is 2.55 bits per heavy atom. The van der Waals surface area contributed by atoms with Crippen molar-refractivity contribution in [1.82, 2.24) is 14.5 Å².